The zero-order valence-corrected chi connectivity index (χ0v) is 9.89. The standard InChI is InChI=1S/C14H18O3/c15-12-3-1-2-11(12)8-10-4-5-13-14(9-10)17-7-6-16-13/h4-5,9,11-12,15H,1-3,6-8H2. The molecule has 0 aromatic heterocycles. The van der Waals surface area contributed by atoms with Gasteiger partial charge in [-0.05, 0) is 42.9 Å². The number of aliphatic hydroxyl groups is 1. The third-order valence-corrected chi connectivity index (χ3v) is 3.72. The fraction of sp³-hybridized carbons (Fsp3) is 0.571. The Morgan fingerprint density at radius 3 is 2.71 bits per heavy atom. The monoisotopic (exact) mass is 234 g/mol. The number of hydrogen-bond donors (Lipinski definition) is 1. The quantitative estimate of drug-likeness (QED) is 0.852. The van der Waals surface area contributed by atoms with Crippen LogP contribution in [0.4, 0.5) is 0 Å². The van der Waals surface area contributed by atoms with Crippen molar-refractivity contribution in [2.75, 3.05) is 13.2 Å². The SMILES string of the molecule is OC1CCCC1Cc1ccc2c(c1)OCCO2. The Labute approximate surface area is 101 Å². The fourth-order valence-electron chi connectivity index (χ4n) is 2.77. The molecular formula is C14H18O3. The first-order valence-corrected chi connectivity index (χ1v) is 6.39. The largest absolute Gasteiger partial charge is 0.486 e. The Bertz CT molecular complexity index is 402. The van der Waals surface area contributed by atoms with Crippen LogP contribution in [0.3, 0.4) is 0 Å². The molecule has 1 N–H and O–H groups in total. The Balaban J connectivity index is 1.75. The van der Waals surface area contributed by atoms with Gasteiger partial charge < -0.3 is 14.6 Å². The summed E-state index contributed by atoms with van der Waals surface area (Å²) in [5, 5.41) is 9.83. The normalized spacial score (nSPS) is 27.1. The summed E-state index contributed by atoms with van der Waals surface area (Å²) in [4.78, 5) is 0. The Kier molecular flexibility index (Phi) is 2.93. The van der Waals surface area contributed by atoms with Gasteiger partial charge in [-0.2, -0.15) is 0 Å². The molecule has 3 rings (SSSR count). The molecule has 2 aliphatic rings. The summed E-state index contributed by atoms with van der Waals surface area (Å²) >= 11 is 0. The van der Waals surface area contributed by atoms with Crippen molar-refractivity contribution in [2.24, 2.45) is 5.92 Å². The lowest BCUT2D eigenvalue weighted by Crippen LogP contribution is -2.17. The van der Waals surface area contributed by atoms with E-state index in [0.29, 0.717) is 19.1 Å². The van der Waals surface area contributed by atoms with Gasteiger partial charge in [0.05, 0.1) is 6.10 Å². The Morgan fingerprint density at radius 1 is 1.12 bits per heavy atom. The minimum Gasteiger partial charge on any atom is -0.486 e. The molecule has 3 heteroatoms. The molecule has 17 heavy (non-hydrogen) atoms. The molecule has 0 amide bonds. The third-order valence-electron chi connectivity index (χ3n) is 3.72. The van der Waals surface area contributed by atoms with Crippen LogP contribution < -0.4 is 9.47 Å². The van der Waals surface area contributed by atoms with Crippen molar-refractivity contribution < 1.29 is 14.6 Å². The molecule has 2 unspecified atom stereocenters. The maximum Gasteiger partial charge on any atom is 0.161 e. The fourth-order valence-corrected chi connectivity index (χ4v) is 2.77. The van der Waals surface area contributed by atoms with Crippen molar-refractivity contribution in [3.8, 4) is 11.5 Å². The van der Waals surface area contributed by atoms with Crippen LogP contribution in [-0.2, 0) is 6.42 Å². The number of hydrogen-bond acceptors (Lipinski definition) is 3. The van der Waals surface area contributed by atoms with E-state index in [-0.39, 0.29) is 6.10 Å². The van der Waals surface area contributed by atoms with Crippen LogP contribution in [0.5, 0.6) is 11.5 Å². The van der Waals surface area contributed by atoms with Gasteiger partial charge >= 0.3 is 0 Å². The van der Waals surface area contributed by atoms with Gasteiger partial charge in [0, 0.05) is 0 Å². The van der Waals surface area contributed by atoms with E-state index >= 15 is 0 Å². The van der Waals surface area contributed by atoms with E-state index in [0.717, 1.165) is 37.2 Å². The second-order valence-electron chi connectivity index (χ2n) is 4.94. The number of ether oxygens (including phenoxy) is 2. The highest BCUT2D eigenvalue weighted by Crippen LogP contribution is 2.34. The summed E-state index contributed by atoms with van der Waals surface area (Å²) in [5.41, 5.74) is 1.24. The van der Waals surface area contributed by atoms with Crippen LogP contribution in [0.25, 0.3) is 0 Å². The highest BCUT2D eigenvalue weighted by atomic mass is 16.6. The number of aliphatic hydroxyl groups excluding tert-OH is 1. The van der Waals surface area contributed by atoms with Gasteiger partial charge in [-0.1, -0.05) is 12.5 Å². The molecule has 0 bridgehead atoms. The average molecular weight is 234 g/mol. The summed E-state index contributed by atoms with van der Waals surface area (Å²) in [6.07, 6.45) is 4.06. The summed E-state index contributed by atoms with van der Waals surface area (Å²) in [6.45, 7) is 1.26. The highest BCUT2D eigenvalue weighted by molar-refractivity contribution is 5.43. The van der Waals surface area contributed by atoms with E-state index < -0.39 is 0 Å². The van der Waals surface area contributed by atoms with Gasteiger partial charge in [-0.3, -0.25) is 0 Å². The topological polar surface area (TPSA) is 38.7 Å². The van der Waals surface area contributed by atoms with Crippen LogP contribution >= 0.6 is 0 Å². The van der Waals surface area contributed by atoms with Gasteiger partial charge in [-0.25, -0.2) is 0 Å². The lowest BCUT2D eigenvalue weighted by atomic mass is 9.96. The summed E-state index contributed by atoms with van der Waals surface area (Å²) < 4.78 is 11.1. The highest BCUT2D eigenvalue weighted by Gasteiger charge is 2.25. The van der Waals surface area contributed by atoms with Gasteiger partial charge in [0.2, 0.25) is 0 Å². The molecule has 2 atom stereocenters. The molecular weight excluding hydrogens is 216 g/mol. The molecule has 1 fully saturated rings. The molecule has 1 saturated carbocycles. The smallest absolute Gasteiger partial charge is 0.161 e. The first kappa shape index (κ1) is 10.9. The van der Waals surface area contributed by atoms with Crippen LogP contribution in [-0.4, -0.2) is 24.4 Å². The second kappa shape index (κ2) is 4.57. The summed E-state index contributed by atoms with van der Waals surface area (Å²) in [5.74, 6) is 2.10. The summed E-state index contributed by atoms with van der Waals surface area (Å²) in [6, 6.07) is 6.11. The first-order chi connectivity index (χ1) is 8.33. The van der Waals surface area contributed by atoms with E-state index in [1.165, 1.54) is 5.56 Å². The van der Waals surface area contributed by atoms with E-state index in [1.807, 2.05) is 6.07 Å². The molecule has 1 aromatic carbocycles. The van der Waals surface area contributed by atoms with E-state index in [9.17, 15) is 5.11 Å². The molecule has 0 saturated heterocycles. The van der Waals surface area contributed by atoms with Crippen molar-refractivity contribution in [3.05, 3.63) is 23.8 Å². The predicted octanol–water partition coefficient (Wildman–Crippen LogP) is 2.16. The van der Waals surface area contributed by atoms with Crippen molar-refractivity contribution in [1.82, 2.24) is 0 Å². The Morgan fingerprint density at radius 2 is 1.94 bits per heavy atom. The zero-order chi connectivity index (χ0) is 11.7. The van der Waals surface area contributed by atoms with Crippen LogP contribution in [0.1, 0.15) is 24.8 Å². The second-order valence-corrected chi connectivity index (χ2v) is 4.94. The minimum absolute atomic E-state index is 0.122. The summed E-state index contributed by atoms with van der Waals surface area (Å²) in [7, 11) is 0. The third kappa shape index (κ3) is 2.25. The van der Waals surface area contributed by atoms with E-state index in [1.54, 1.807) is 0 Å². The van der Waals surface area contributed by atoms with Crippen molar-refractivity contribution in [1.29, 1.82) is 0 Å². The van der Waals surface area contributed by atoms with E-state index in [2.05, 4.69) is 12.1 Å². The minimum atomic E-state index is -0.122. The molecule has 1 aliphatic heterocycles. The van der Waals surface area contributed by atoms with Crippen LogP contribution in [0, 0.1) is 5.92 Å². The lowest BCUT2D eigenvalue weighted by molar-refractivity contribution is 0.132. The van der Waals surface area contributed by atoms with Gasteiger partial charge in [0.15, 0.2) is 11.5 Å². The van der Waals surface area contributed by atoms with Crippen LogP contribution in [0.2, 0.25) is 0 Å². The lowest BCUT2D eigenvalue weighted by Gasteiger charge is -2.20. The maximum atomic E-state index is 9.83. The van der Waals surface area contributed by atoms with Crippen molar-refractivity contribution in [2.45, 2.75) is 31.8 Å². The number of fused-ring (bicyclic) bond motifs is 1. The predicted molar refractivity (Wildman–Crippen MR) is 64.5 cm³/mol. The maximum absolute atomic E-state index is 9.83. The van der Waals surface area contributed by atoms with Crippen molar-refractivity contribution in [3.63, 3.8) is 0 Å². The zero-order valence-electron chi connectivity index (χ0n) is 9.89. The van der Waals surface area contributed by atoms with Crippen molar-refractivity contribution >= 4 is 0 Å². The molecule has 1 aliphatic carbocycles. The molecule has 1 aromatic rings. The number of benzene rings is 1. The number of rotatable bonds is 2. The first-order valence-electron chi connectivity index (χ1n) is 6.39. The molecule has 0 radical (unpaired) electrons. The molecule has 1 heterocycles. The average Bonchev–Trinajstić information content (AvgIpc) is 2.75. The van der Waals surface area contributed by atoms with E-state index in [4.69, 9.17) is 9.47 Å². The Hall–Kier alpha value is -1.22. The molecule has 92 valence electrons. The molecule has 3 nitrogen and oxygen atoms in total. The molecule has 0 spiro atoms. The van der Waals surface area contributed by atoms with Gasteiger partial charge in [0.25, 0.3) is 0 Å². The van der Waals surface area contributed by atoms with Gasteiger partial charge in [0.1, 0.15) is 13.2 Å². The van der Waals surface area contributed by atoms with Crippen LogP contribution in [0.15, 0.2) is 18.2 Å². The van der Waals surface area contributed by atoms with Gasteiger partial charge in [-0.15, -0.1) is 0 Å².